The highest BCUT2D eigenvalue weighted by atomic mass is 16.5. The van der Waals surface area contributed by atoms with Gasteiger partial charge in [0, 0.05) is 26.9 Å². The average Bonchev–Trinajstić information content (AvgIpc) is 2.28. The molecule has 1 aliphatic rings. The van der Waals surface area contributed by atoms with E-state index < -0.39 is 11.4 Å². The van der Waals surface area contributed by atoms with E-state index in [2.05, 4.69) is 10.1 Å². The highest BCUT2D eigenvalue weighted by Crippen LogP contribution is 2.29. The van der Waals surface area contributed by atoms with Crippen LogP contribution in [-0.2, 0) is 19.1 Å². The van der Waals surface area contributed by atoms with E-state index in [1.807, 2.05) is 0 Å². The van der Waals surface area contributed by atoms with Crippen molar-refractivity contribution in [2.24, 2.45) is 5.41 Å². The van der Waals surface area contributed by atoms with Crippen molar-refractivity contribution in [3.63, 3.8) is 0 Å². The van der Waals surface area contributed by atoms with Crippen LogP contribution in [0.2, 0.25) is 0 Å². The second-order valence-corrected chi connectivity index (χ2v) is 3.91. The predicted octanol–water partition coefficient (Wildman–Crippen LogP) is -0.370. The van der Waals surface area contributed by atoms with Gasteiger partial charge in [0.25, 0.3) is 0 Å². The SMILES string of the molecule is COCC(=O)NCC1(C(=O)O)CCOCC1. The Labute approximate surface area is 93.9 Å². The van der Waals surface area contributed by atoms with Crippen molar-refractivity contribution in [1.82, 2.24) is 5.32 Å². The number of ether oxygens (including phenoxy) is 2. The van der Waals surface area contributed by atoms with Crippen molar-refractivity contribution >= 4 is 11.9 Å². The molecule has 1 aliphatic heterocycles. The van der Waals surface area contributed by atoms with Gasteiger partial charge >= 0.3 is 5.97 Å². The van der Waals surface area contributed by atoms with Crippen molar-refractivity contribution in [2.45, 2.75) is 12.8 Å². The molecule has 0 aromatic rings. The number of rotatable bonds is 5. The maximum Gasteiger partial charge on any atom is 0.311 e. The molecule has 0 saturated carbocycles. The predicted molar refractivity (Wildman–Crippen MR) is 55.0 cm³/mol. The molecular formula is C10H17NO5. The molecule has 1 amide bonds. The summed E-state index contributed by atoms with van der Waals surface area (Å²) in [5.41, 5.74) is -0.887. The first kappa shape index (κ1) is 12.9. The molecule has 1 saturated heterocycles. The Hall–Kier alpha value is -1.14. The minimum Gasteiger partial charge on any atom is -0.481 e. The Balaban J connectivity index is 2.51. The topological polar surface area (TPSA) is 84.9 Å². The Morgan fingerprint density at radius 1 is 1.44 bits per heavy atom. The molecule has 0 spiro atoms. The van der Waals surface area contributed by atoms with Crippen LogP contribution in [0.4, 0.5) is 0 Å². The third-order valence-electron chi connectivity index (χ3n) is 2.80. The van der Waals surface area contributed by atoms with Crippen molar-refractivity contribution in [2.75, 3.05) is 33.5 Å². The van der Waals surface area contributed by atoms with Crippen molar-refractivity contribution in [3.8, 4) is 0 Å². The van der Waals surface area contributed by atoms with Crippen molar-refractivity contribution in [3.05, 3.63) is 0 Å². The van der Waals surface area contributed by atoms with Crippen LogP contribution >= 0.6 is 0 Å². The number of methoxy groups -OCH3 is 1. The first-order valence-electron chi connectivity index (χ1n) is 5.17. The van der Waals surface area contributed by atoms with E-state index in [4.69, 9.17) is 4.74 Å². The standard InChI is InChI=1S/C10H17NO5/c1-15-6-8(12)11-7-10(9(13)14)2-4-16-5-3-10/h2-7H2,1H3,(H,11,12)(H,13,14). The van der Waals surface area contributed by atoms with E-state index in [-0.39, 0.29) is 19.1 Å². The Kier molecular flexibility index (Phi) is 4.70. The number of amides is 1. The van der Waals surface area contributed by atoms with Gasteiger partial charge < -0.3 is 19.9 Å². The van der Waals surface area contributed by atoms with Gasteiger partial charge in [0.15, 0.2) is 0 Å². The fourth-order valence-electron chi connectivity index (χ4n) is 1.68. The summed E-state index contributed by atoms with van der Waals surface area (Å²) in [5.74, 6) is -1.18. The molecule has 6 nitrogen and oxygen atoms in total. The van der Waals surface area contributed by atoms with Gasteiger partial charge in [-0.25, -0.2) is 0 Å². The Morgan fingerprint density at radius 2 is 2.06 bits per heavy atom. The lowest BCUT2D eigenvalue weighted by atomic mass is 9.80. The quantitative estimate of drug-likeness (QED) is 0.674. The highest BCUT2D eigenvalue weighted by molar-refractivity contribution is 5.79. The maximum absolute atomic E-state index is 11.2. The molecule has 0 bridgehead atoms. The summed E-state index contributed by atoms with van der Waals surface area (Å²) in [7, 11) is 1.42. The molecule has 0 radical (unpaired) electrons. The number of carboxylic acid groups (broad SMARTS) is 1. The average molecular weight is 231 g/mol. The van der Waals surface area contributed by atoms with Crippen molar-refractivity contribution in [1.29, 1.82) is 0 Å². The largest absolute Gasteiger partial charge is 0.481 e. The van der Waals surface area contributed by atoms with E-state index in [1.54, 1.807) is 0 Å². The summed E-state index contributed by atoms with van der Waals surface area (Å²) in [6, 6.07) is 0. The highest BCUT2D eigenvalue weighted by Gasteiger charge is 2.40. The van der Waals surface area contributed by atoms with Crippen LogP contribution in [0.5, 0.6) is 0 Å². The molecule has 0 unspecified atom stereocenters. The maximum atomic E-state index is 11.2. The zero-order valence-electron chi connectivity index (χ0n) is 9.32. The molecular weight excluding hydrogens is 214 g/mol. The summed E-state index contributed by atoms with van der Waals surface area (Å²) in [6.45, 7) is 0.930. The van der Waals surface area contributed by atoms with E-state index in [0.29, 0.717) is 26.1 Å². The van der Waals surface area contributed by atoms with Gasteiger partial charge in [-0.1, -0.05) is 0 Å². The van der Waals surface area contributed by atoms with Crippen molar-refractivity contribution < 1.29 is 24.2 Å². The molecule has 0 atom stereocenters. The number of hydrogen-bond donors (Lipinski definition) is 2. The molecule has 0 aromatic carbocycles. The molecule has 1 heterocycles. The normalized spacial score (nSPS) is 19.1. The number of aliphatic carboxylic acids is 1. The number of carboxylic acids is 1. The number of hydrogen-bond acceptors (Lipinski definition) is 4. The third kappa shape index (κ3) is 3.18. The van der Waals surface area contributed by atoms with E-state index in [1.165, 1.54) is 7.11 Å². The lowest BCUT2D eigenvalue weighted by molar-refractivity contribution is -0.154. The first-order valence-corrected chi connectivity index (χ1v) is 5.17. The fourth-order valence-corrected chi connectivity index (χ4v) is 1.68. The van der Waals surface area contributed by atoms with Gasteiger partial charge in [-0.05, 0) is 12.8 Å². The van der Waals surface area contributed by atoms with Crippen LogP contribution in [0.25, 0.3) is 0 Å². The van der Waals surface area contributed by atoms with E-state index in [0.717, 1.165) is 0 Å². The number of nitrogens with one attached hydrogen (secondary N) is 1. The van der Waals surface area contributed by atoms with Crippen LogP contribution in [0.3, 0.4) is 0 Å². The molecule has 0 aromatic heterocycles. The van der Waals surface area contributed by atoms with Crippen LogP contribution in [0, 0.1) is 5.41 Å². The minimum absolute atomic E-state index is 0.0494. The molecule has 92 valence electrons. The van der Waals surface area contributed by atoms with Gasteiger partial charge in [-0.3, -0.25) is 9.59 Å². The summed E-state index contributed by atoms with van der Waals surface area (Å²) in [4.78, 5) is 22.4. The van der Waals surface area contributed by atoms with Gasteiger partial charge in [0.2, 0.25) is 5.91 Å². The molecule has 1 rings (SSSR count). The fraction of sp³-hybridized carbons (Fsp3) is 0.800. The number of carbonyl (C=O) groups is 2. The van der Waals surface area contributed by atoms with Crippen LogP contribution in [-0.4, -0.2) is 50.5 Å². The summed E-state index contributed by atoms with van der Waals surface area (Å²) >= 11 is 0. The van der Waals surface area contributed by atoms with E-state index >= 15 is 0 Å². The van der Waals surface area contributed by atoms with Gasteiger partial charge in [0.05, 0.1) is 5.41 Å². The van der Waals surface area contributed by atoms with Crippen LogP contribution in [0.1, 0.15) is 12.8 Å². The second kappa shape index (κ2) is 5.81. The zero-order chi connectivity index (χ0) is 12.0. The lowest BCUT2D eigenvalue weighted by Crippen LogP contribution is -2.47. The van der Waals surface area contributed by atoms with Gasteiger partial charge in [-0.15, -0.1) is 0 Å². The molecule has 1 fully saturated rings. The van der Waals surface area contributed by atoms with E-state index in [9.17, 15) is 14.7 Å². The molecule has 2 N–H and O–H groups in total. The molecule has 6 heteroatoms. The third-order valence-corrected chi connectivity index (χ3v) is 2.80. The molecule has 0 aliphatic carbocycles. The minimum atomic E-state index is -0.887. The Morgan fingerprint density at radius 3 is 2.56 bits per heavy atom. The van der Waals surface area contributed by atoms with Crippen LogP contribution < -0.4 is 5.32 Å². The summed E-state index contributed by atoms with van der Waals surface area (Å²) in [5, 5.41) is 11.8. The van der Waals surface area contributed by atoms with Gasteiger partial charge in [0.1, 0.15) is 6.61 Å². The van der Waals surface area contributed by atoms with Gasteiger partial charge in [-0.2, -0.15) is 0 Å². The second-order valence-electron chi connectivity index (χ2n) is 3.91. The molecule has 16 heavy (non-hydrogen) atoms. The first-order chi connectivity index (χ1) is 7.60. The lowest BCUT2D eigenvalue weighted by Gasteiger charge is -2.33. The van der Waals surface area contributed by atoms with Crippen LogP contribution in [0.15, 0.2) is 0 Å². The summed E-state index contributed by atoms with van der Waals surface area (Å²) in [6.07, 6.45) is 0.852. The zero-order valence-corrected chi connectivity index (χ0v) is 9.32. The Bertz CT molecular complexity index is 260. The monoisotopic (exact) mass is 231 g/mol. The summed E-state index contributed by atoms with van der Waals surface area (Å²) < 4.78 is 9.78. The number of carbonyl (C=O) groups excluding carboxylic acids is 1. The smallest absolute Gasteiger partial charge is 0.311 e.